The van der Waals surface area contributed by atoms with Crippen molar-refractivity contribution >= 4 is 17.2 Å². The summed E-state index contributed by atoms with van der Waals surface area (Å²) >= 11 is 1.78. The molecule has 1 aromatic heterocycles. The Bertz CT molecular complexity index is 750. The quantitative estimate of drug-likeness (QED) is 0.731. The van der Waals surface area contributed by atoms with Crippen LogP contribution < -0.4 is 5.32 Å². The molecule has 1 aliphatic carbocycles. The van der Waals surface area contributed by atoms with E-state index in [2.05, 4.69) is 52.0 Å². The Hall–Kier alpha value is -1.69. The molecule has 1 saturated carbocycles. The first-order valence-corrected chi connectivity index (χ1v) is 11.8. The Morgan fingerprint density at radius 1 is 1.07 bits per heavy atom. The summed E-state index contributed by atoms with van der Waals surface area (Å²) in [6.45, 7) is 4.07. The fraction of sp³-hybridized carbons (Fsp3) is 0.542. The monoisotopic (exact) mass is 412 g/mol. The molecule has 156 valence electrons. The number of hydrogen-bond acceptors (Lipinski definition) is 4. The average Bonchev–Trinajstić information content (AvgIpc) is 3.30. The number of amides is 1. The van der Waals surface area contributed by atoms with Crippen LogP contribution in [-0.4, -0.2) is 43.7 Å². The minimum atomic E-state index is -0.259. The minimum absolute atomic E-state index is 0.236. The summed E-state index contributed by atoms with van der Waals surface area (Å²) < 4.78 is 5.54. The molecule has 5 heteroatoms. The number of carbonyl (C=O) groups excluding carboxylic acids is 1. The normalized spacial score (nSPS) is 20.8. The van der Waals surface area contributed by atoms with Crippen LogP contribution in [0.1, 0.15) is 48.6 Å². The van der Waals surface area contributed by atoms with E-state index in [4.69, 9.17) is 4.74 Å². The average molecular weight is 413 g/mol. The van der Waals surface area contributed by atoms with Gasteiger partial charge in [-0.3, -0.25) is 9.69 Å². The zero-order chi connectivity index (χ0) is 19.9. The molecule has 4 nitrogen and oxygen atoms in total. The topological polar surface area (TPSA) is 41.6 Å². The first kappa shape index (κ1) is 20.6. The molecule has 1 amide bonds. The highest BCUT2D eigenvalue weighted by Crippen LogP contribution is 2.40. The van der Waals surface area contributed by atoms with Crippen LogP contribution in [0.2, 0.25) is 0 Å². The van der Waals surface area contributed by atoms with Crippen molar-refractivity contribution in [2.75, 3.05) is 32.8 Å². The van der Waals surface area contributed by atoms with Gasteiger partial charge < -0.3 is 10.1 Å². The van der Waals surface area contributed by atoms with Crippen LogP contribution in [0, 0.1) is 5.41 Å². The summed E-state index contributed by atoms with van der Waals surface area (Å²) in [5.41, 5.74) is 1.01. The molecule has 0 radical (unpaired) electrons. The molecule has 1 aromatic carbocycles. The molecule has 2 aromatic rings. The number of nitrogens with one attached hydrogen (secondary N) is 1. The summed E-state index contributed by atoms with van der Waals surface area (Å²) in [5, 5.41) is 5.51. The van der Waals surface area contributed by atoms with Crippen LogP contribution in [0.4, 0.5) is 0 Å². The maximum atomic E-state index is 13.5. The van der Waals surface area contributed by atoms with Gasteiger partial charge in [-0.15, -0.1) is 11.3 Å². The van der Waals surface area contributed by atoms with Crippen molar-refractivity contribution in [2.45, 2.75) is 44.6 Å². The second-order valence-corrected chi connectivity index (χ2v) is 9.37. The van der Waals surface area contributed by atoms with E-state index in [1.807, 2.05) is 6.07 Å². The zero-order valence-corrected chi connectivity index (χ0v) is 18.0. The number of nitrogens with zero attached hydrogens (tertiary/aromatic N) is 1. The van der Waals surface area contributed by atoms with Gasteiger partial charge in [0.2, 0.25) is 5.91 Å². The smallest absolute Gasteiger partial charge is 0.226 e. The molecule has 0 spiro atoms. The fourth-order valence-corrected chi connectivity index (χ4v) is 5.72. The van der Waals surface area contributed by atoms with Crippen molar-refractivity contribution in [2.24, 2.45) is 5.41 Å². The number of carbonyl (C=O) groups is 1. The maximum Gasteiger partial charge on any atom is 0.226 e. The van der Waals surface area contributed by atoms with E-state index in [1.54, 1.807) is 11.3 Å². The van der Waals surface area contributed by atoms with Crippen molar-refractivity contribution in [1.29, 1.82) is 0 Å². The van der Waals surface area contributed by atoms with E-state index < -0.39 is 0 Å². The first-order valence-electron chi connectivity index (χ1n) is 10.9. The lowest BCUT2D eigenvalue weighted by molar-refractivity contribution is -0.133. The lowest BCUT2D eigenvalue weighted by Gasteiger charge is -2.38. The summed E-state index contributed by atoms with van der Waals surface area (Å²) in [7, 11) is 0. The summed E-state index contributed by atoms with van der Waals surface area (Å²) in [6.07, 6.45) is 6.39. The number of ether oxygens (including phenoxy) is 1. The minimum Gasteiger partial charge on any atom is -0.379 e. The van der Waals surface area contributed by atoms with Crippen molar-refractivity contribution in [3.8, 4) is 0 Å². The second-order valence-electron chi connectivity index (χ2n) is 8.39. The lowest BCUT2D eigenvalue weighted by Crippen LogP contribution is -2.48. The van der Waals surface area contributed by atoms with Crippen LogP contribution in [0.15, 0.2) is 47.8 Å². The van der Waals surface area contributed by atoms with Crippen molar-refractivity contribution in [3.63, 3.8) is 0 Å². The number of morpholine rings is 1. The van der Waals surface area contributed by atoms with Crippen molar-refractivity contribution in [3.05, 3.63) is 58.3 Å². The molecule has 1 N–H and O–H groups in total. The molecule has 1 saturated heterocycles. The Kier molecular flexibility index (Phi) is 7.01. The molecule has 2 heterocycles. The van der Waals surface area contributed by atoms with Gasteiger partial charge in [-0.2, -0.15) is 0 Å². The van der Waals surface area contributed by atoms with E-state index in [9.17, 15) is 4.79 Å². The van der Waals surface area contributed by atoms with Gasteiger partial charge in [-0.25, -0.2) is 0 Å². The predicted molar refractivity (Wildman–Crippen MR) is 118 cm³/mol. The zero-order valence-electron chi connectivity index (χ0n) is 17.1. The lowest BCUT2D eigenvalue weighted by atomic mass is 9.69. The molecule has 1 atom stereocenters. The number of hydrogen-bond donors (Lipinski definition) is 1. The maximum absolute atomic E-state index is 13.5. The standard InChI is InChI=1S/C24H32N2O2S/c27-23(24(11-5-2-6-12-24)18-20-8-3-1-4-9-20)25-19-21(22-10-7-17-29-22)26-13-15-28-16-14-26/h1,3-4,7-10,17,21H,2,5-6,11-16,18-19H2,(H,25,27). The molecule has 2 fully saturated rings. The molecule has 1 aliphatic heterocycles. The molecule has 4 rings (SSSR count). The Balaban J connectivity index is 1.47. The van der Waals surface area contributed by atoms with E-state index in [0.717, 1.165) is 58.4 Å². The van der Waals surface area contributed by atoms with Gasteiger partial charge in [-0.05, 0) is 36.3 Å². The fourth-order valence-electron chi connectivity index (χ4n) is 4.86. The largest absolute Gasteiger partial charge is 0.379 e. The van der Waals surface area contributed by atoms with Gasteiger partial charge in [0, 0.05) is 24.5 Å². The van der Waals surface area contributed by atoms with E-state index in [-0.39, 0.29) is 17.4 Å². The molecular formula is C24H32N2O2S. The van der Waals surface area contributed by atoms with E-state index in [0.29, 0.717) is 6.54 Å². The van der Waals surface area contributed by atoms with Crippen LogP contribution >= 0.6 is 11.3 Å². The van der Waals surface area contributed by atoms with Gasteiger partial charge in [0.05, 0.1) is 24.7 Å². The van der Waals surface area contributed by atoms with Gasteiger partial charge >= 0.3 is 0 Å². The van der Waals surface area contributed by atoms with Crippen molar-refractivity contribution < 1.29 is 9.53 Å². The van der Waals surface area contributed by atoms with Crippen LogP contribution in [0.5, 0.6) is 0 Å². The van der Waals surface area contributed by atoms with Gasteiger partial charge in [0.25, 0.3) is 0 Å². The van der Waals surface area contributed by atoms with Gasteiger partial charge in [-0.1, -0.05) is 55.7 Å². The number of benzene rings is 1. The van der Waals surface area contributed by atoms with Gasteiger partial charge in [0.15, 0.2) is 0 Å². The van der Waals surface area contributed by atoms with Crippen LogP contribution in [-0.2, 0) is 16.0 Å². The highest BCUT2D eigenvalue weighted by Gasteiger charge is 2.39. The molecule has 29 heavy (non-hydrogen) atoms. The number of rotatable bonds is 7. The molecule has 0 bridgehead atoms. The Morgan fingerprint density at radius 3 is 2.52 bits per heavy atom. The Labute approximate surface area is 178 Å². The third-order valence-corrected chi connectivity index (χ3v) is 7.47. The van der Waals surface area contributed by atoms with Crippen LogP contribution in [0.25, 0.3) is 0 Å². The molecular weight excluding hydrogens is 380 g/mol. The Morgan fingerprint density at radius 2 is 1.83 bits per heavy atom. The highest BCUT2D eigenvalue weighted by atomic mass is 32.1. The van der Waals surface area contributed by atoms with Crippen molar-refractivity contribution in [1.82, 2.24) is 10.2 Å². The second kappa shape index (κ2) is 9.88. The third kappa shape index (κ3) is 5.08. The van der Waals surface area contributed by atoms with Crippen LogP contribution in [0.3, 0.4) is 0 Å². The summed E-state index contributed by atoms with van der Waals surface area (Å²) in [6, 6.07) is 15.1. The predicted octanol–water partition coefficient (Wildman–Crippen LogP) is 4.43. The first-order chi connectivity index (χ1) is 14.3. The highest BCUT2D eigenvalue weighted by molar-refractivity contribution is 7.10. The third-order valence-electron chi connectivity index (χ3n) is 6.49. The molecule has 2 aliphatic rings. The number of thiophene rings is 1. The summed E-state index contributed by atoms with van der Waals surface area (Å²) in [4.78, 5) is 17.3. The SMILES string of the molecule is O=C(NCC(c1cccs1)N1CCOCC1)C1(Cc2ccccc2)CCCCC1. The summed E-state index contributed by atoms with van der Waals surface area (Å²) in [5.74, 6) is 0.246. The molecule has 1 unspecified atom stereocenters. The van der Waals surface area contributed by atoms with E-state index in [1.165, 1.54) is 16.9 Å². The van der Waals surface area contributed by atoms with Gasteiger partial charge in [0.1, 0.15) is 0 Å². The van der Waals surface area contributed by atoms with E-state index >= 15 is 0 Å².